The largest absolute Gasteiger partial charge is 0.459 e. The van der Waals surface area contributed by atoms with E-state index in [0.717, 1.165) is 5.56 Å². The van der Waals surface area contributed by atoms with E-state index >= 15 is 0 Å². The minimum atomic E-state index is -0.422. The predicted molar refractivity (Wildman–Crippen MR) is 134 cm³/mol. The van der Waals surface area contributed by atoms with E-state index in [0.29, 0.717) is 28.1 Å². The van der Waals surface area contributed by atoms with Gasteiger partial charge in [-0.1, -0.05) is 36.4 Å². The molecule has 0 aliphatic heterocycles. The molecule has 0 fully saturated rings. The van der Waals surface area contributed by atoms with Gasteiger partial charge in [-0.25, -0.2) is 0 Å². The van der Waals surface area contributed by atoms with Gasteiger partial charge >= 0.3 is 0 Å². The van der Waals surface area contributed by atoms with Crippen LogP contribution >= 0.6 is 0 Å². The van der Waals surface area contributed by atoms with Crippen molar-refractivity contribution in [2.75, 3.05) is 10.6 Å². The molecule has 0 atom stereocenters. The van der Waals surface area contributed by atoms with Gasteiger partial charge in [0, 0.05) is 22.5 Å². The summed E-state index contributed by atoms with van der Waals surface area (Å²) < 4.78 is 11.2. The van der Waals surface area contributed by atoms with Gasteiger partial charge in [0.05, 0.1) is 17.2 Å². The van der Waals surface area contributed by atoms with Crippen molar-refractivity contribution in [3.05, 3.63) is 118 Å². The van der Waals surface area contributed by atoms with Crippen molar-refractivity contribution in [1.29, 1.82) is 0 Å². The van der Waals surface area contributed by atoms with Crippen molar-refractivity contribution in [2.45, 2.75) is 6.92 Å². The van der Waals surface area contributed by atoms with Crippen molar-refractivity contribution in [3.63, 3.8) is 0 Å². The number of benzene rings is 3. The van der Waals surface area contributed by atoms with Gasteiger partial charge in [0.15, 0.2) is 16.8 Å². The summed E-state index contributed by atoms with van der Waals surface area (Å²) in [7, 11) is 0. The molecule has 0 bridgehead atoms. The second kappa shape index (κ2) is 9.15. The molecule has 0 radical (unpaired) electrons. The Morgan fingerprint density at radius 3 is 2.09 bits per heavy atom. The zero-order valence-electron chi connectivity index (χ0n) is 18.7. The first-order chi connectivity index (χ1) is 17.0. The molecule has 2 heterocycles. The monoisotopic (exact) mass is 464 g/mol. The molecule has 2 amide bonds. The Labute approximate surface area is 200 Å². The van der Waals surface area contributed by atoms with Crippen molar-refractivity contribution in [2.24, 2.45) is 0 Å². The van der Waals surface area contributed by atoms with Crippen LogP contribution in [0, 0.1) is 6.92 Å². The average Bonchev–Trinajstić information content (AvgIpc) is 3.43. The lowest BCUT2D eigenvalue weighted by molar-refractivity contribution is 0.0994. The molecule has 5 rings (SSSR count). The average molecular weight is 464 g/mol. The second-order valence-electron chi connectivity index (χ2n) is 7.90. The van der Waals surface area contributed by atoms with Gasteiger partial charge in [0.1, 0.15) is 5.76 Å². The number of nitrogens with one attached hydrogen (secondary N) is 2. The van der Waals surface area contributed by atoms with E-state index in [2.05, 4.69) is 10.6 Å². The Kier molecular flexibility index (Phi) is 5.73. The number of hydrogen-bond acceptors (Lipinski definition) is 5. The van der Waals surface area contributed by atoms with Crippen LogP contribution in [0.4, 0.5) is 11.4 Å². The predicted octanol–water partition coefficient (Wildman–Crippen LogP) is 5.87. The second-order valence-corrected chi connectivity index (χ2v) is 7.90. The highest BCUT2D eigenvalue weighted by Gasteiger charge is 2.18. The van der Waals surface area contributed by atoms with Gasteiger partial charge < -0.3 is 19.5 Å². The molecule has 0 saturated carbocycles. The number of carbonyl (C=O) groups is 2. The van der Waals surface area contributed by atoms with Crippen molar-refractivity contribution < 1.29 is 18.4 Å². The fraction of sp³-hybridized carbons (Fsp3) is 0.0357. The molecule has 7 nitrogen and oxygen atoms in total. The highest BCUT2D eigenvalue weighted by molar-refractivity contribution is 6.11. The molecule has 172 valence electrons. The maximum absolute atomic E-state index is 13.1. The number of furan rings is 1. The fourth-order valence-corrected chi connectivity index (χ4v) is 3.79. The number of carbonyl (C=O) groups excluding carboxylic acids is 2. The van der Waals surface area contributed by atoms with Gasteiger partial charge in [-0.2, -0.15) is 0 Å². The minimum Gasteiger partial charge on any atom is -0.459 e. The Morgan fingerprint density at radius 2 is 1.43 bits per heavy atom. The number of para-hydroxylation sites is 1. The molecule has 2 aromatic heterocycles. The lowest BCUT2D eigenvalue weighted by Gasteiger charge is -2.11. The molecular formula is C28H20N2O5. The fourth-order valence-electron chi connectivity index (χ4n) is 3.79. The van der Waals surface area contributed by atoms with E-state index in [1.165, 1.54) is 6.26 Å². The zero-order valence-corrected chi connectivity index (χ0v) is 18.7. The van der Waals surface area contributed by atoms with E-state index in [9.17, 15) is 14.4 Å². The first-order valence-electron chi connectivity index (χ1n) is 10.9. The molecule has 7 heteroatoms. The molecule has 3 aromatic carbocycles. The number of fused-ring (bicyclic) bond motifs is 1. The van der Waals surface area contributed by atoms with Crippen LogP contribution in [0.15, 0.2) is 105 Å². The van der Waals surface area contributed by atoms with E-state index in [4.69, 9.17) is 8.83 Å². The molecule has 5 aromatic rings. The summed E-state index contributed by atoms with van der Waals surface area (Å²) in [5.41, 5.74) is 2.58. The molecule has 2 N–H and O–H groups in total. The van der Waals surface area contributed by atoms with Crippen LogP contribution in [0.3, 0.4) is 0 Å². The summed E-state index contributed by atoms with van der Waals surface area (Å²) in [5.74, 6) is -0.166. The van der Waals surface area contributed by atoms with Crippen LogP contribution in [0.25, 0.3) is 22.3 Å². The van der Waals surface area contributed by atoms with Crippen LogP contribution < -0.4 is 16.1 Å². The third kappa shape index (κ3) is 4.35. The first kappa shape index (κ1) is 21.9. The SMILES string of the molecule is Cc1c(-c2ccccc2)oc2c(C(=O)Nc3ccc(NC(=O)c4ccco4)cc3)cccc2c1=O. The minimum absolute atomic E-state index is 0.184. The summed E-state index contributed by atoms with van der Waals surface area (Å²) in [6, 6.07) is 24.1. The molecule has 35 heavy (non-hydrogen) atoms. The quantitative estimate of drug-likeness (QED) is 0.339. The lowest BCUT2D eigenvalue weighted by atomic mass is 10.0. The van der Waals surface area contributed by atoms with Gasteiger partial charge in [0.25, 0.3) is 11.8 Å². The van der Waals surface area contributed by atoms with Gasteiger partial charge in [-0.3, -0.25) is 14.4 Å². The van der Waals surface area contributed by atoms with E-state index in [-0.39, 0.29) is 28.2 Å². The van der Waals surface area contributed by atoms with E-state index in [1.807, 2.05) is 30.3 Å². The number of rotatable bonds is 5. The van der Waals surface area contributed by atoms with Crippen LogP contribution in [0.2, 0.25) is 0 Å². The van der Waals surface area contributed by atoms with Crippen LogP contribution in [-0.4, -0.2) is 11.8 Å². The molecule has 0 saturated heterocycles. The van der Waals surface area contributed by atoms with Gasteiger partial charge in [-0.05, 0) is 55.5 Å². The number of amides is 2. The molecule has 0 aliphatic carbocycles. The highest BCUT2D eigenvalue weighted by atomic mass is 16.3. The molecule has 0 spiro atoms. The Morgan fingerprint density at radius 1 is 0.743 bits per heavy atom. The molecule has 0 aliphatic rings. The number of anilines is 2. The van der Waals surface area contributed by atoms with Crippen LogP contribution in [0.1, 0.15) is 26.5 Å². The van der Waals surface area contributed by atoms with Crippen LogP contribution in [-0.2, 0) is 0 Å². The maximum Gasteiger partial charge on any atom is 0.291 e. The van der Waals surface area contributed by atoms with Crippen molar-refractivity contribution in [3.8, 4) is 11.3 Å². The topological polar surface area (TPSA) is 102 Å². The maximum atomic E-state index is 13.1. The van der Waals surface area contributed by atoms with E-state index in [1.54, 1.807) is 61.5 Å². The summed E-state index contributed by atoms with van der Waals surface area (Å²) >= 11 is 0. The first-order valence-corrected chi connectivity index (χ1v) is 10.9. The Balaban J connectivity index is 1.42. The lowest BCUT2D eigenvalue weighted by Crippen LogP contribution is -2.15. The van der Waals surface area contributed by atoms with Gasteiger partial charge in [-0.15, -0.1) is 0 Å². The van der Waals surface area contributed by atoms with Crippen LogP contribution in [0.5, 0.6) is 0 Å². The third-order valence-electron chi connectivity index (χ3n) is 5.57. The number of hydrogen-bond donors (Lipinski definition) is 2. The van der Waals surface area contributed by atoms with Crippen molar-refractivity contribution in [1.82, 2.24) is 0 Å². The normalized spacial score (nSPS) is 10.8. The van der Waals surface area contributed by atoms with Gasteiger partial charge in [0.2, 0.25) is 0 Å². The Bertz CT molecular complexity index is 1590. The summed E-state index contributed by atoms with van der Waals surface area (Å²) in [6.07, 6.45) is 1.42. The van der Waals surface area contributed by atoms with E-state index < -0.39 is 5.91 Å². The standard InChI is InChI=1S/C28H20N2O5/c1-17-24(31)21-9-5-10-22(26(21)35-25(17)18-7-3-2-4-8-18)27(32)29-19-12-14-20(15-13-19)30-28(33)23-11-6-16-34-23/h2-16H,1H3,(H,29,32)(H,30,33). The summed E-state index contributed by atoms with van der Waals surface area (Å²) in [4.78, 5) is 38.3. The highest BCUT2D eigenvalue weighted by Crippen LogP contribution is 2.28. The van der Waals surface area contributed by atoms with Crippen molar-refractivity contribution >= 4 is 34.2 Å². The summed E-state index contributed by atoms with van der Waals surface area (Å²) in [5, 5.41) is 5.88. The Hall–Kier alpha value is -4.91. The molecule has 0 unspecified atom stereocenters. The smallest absolute Gasteiger partial charge is 0.291 e. The molecular weight excluding hydrogens is 444 g/mol. The summed E-state index contributed by atoms with van der Waals surface area (Å²) in [6.45, 7) is 1.71. The third-order valence-corrected chi connectivity index (χ3v) is 5.57. The zero-order chi connectivity index (χ0) is 24.4.